The van der Waals surface area contributed by atoms with Crippen molar-refractivity contribution in [2.24, 2.45) is 0 Å². The highest BCUT2D eigenvalue weighted by Crippen LogP contribution is 2.46. The number of carbonyl (C=O) groups excluding carboxylic acids is 2. The van der Waals surface area contributed by atoms with Crippen LogP contribution in [0.1, 0.15) is 51.6 Å². The molecule has 0 amide bonds. The number of anilines is 2. The van der Waals surface area contributed by atoms with E-state index in [9.17, 15) is 19.8 Å². The van der Waals surface area contributed by atoms with Gasteiger partial charge < -0.3 is 26.4 Å². The van der Waals surface area contributed by atoms with Gasteiger partial charge >= 0.3 is 0 Å². The van der Waals surface area contributed by atoms with Crippen LogP contribution in [-0.4, -0.2) is 28.4 Å². The Labute approximate surface area is 189 Å². The summed E-state index contributed by atoms with van der Waals surface area (Å²) < 4.78 is 5.65. The Morgan fingerprint density at radius 2 is 1.44 bits per heavy atom. The van der Waals surface area contributed by atoms with Crippen molar-refractivity contribution in [2.45, 2.75) is 19.8 Å². The van der Waals surface area contributed by atoms with Gasteiger partial charge in [-0.15, -0.1) is 0 Å². The molecule has 0 unspecified atom stereocenters. The minimum atomic E-state index is -0.736. The number of phenols is 2. The molecule has 3 aromatic carbocycles. The molecule has 6 N–H and O–H groups in total. The van der Waals surface area contributed by atoms with Crippen LogP contribution in [0.25, 0.3) is 11.1 Å². The maximum Gasteiger partial charge on any atom is 0.200 e. The van der Waals surface area contributed by atoms with Gasteiger partial charge in [-0.05, 0) is 36.2 Å². The summed E-state index contributed by atoms with van der Waals surface area (Å²) in [6, 6.07) is 9.56. The molecule has 0 radical (unpaired) electrons. The molecular formula is C24H21ClN2O5. The lowest BCUT2D eigenvalue weighted by Crippen LogP contribution is -2.24. The van der Waals surface area contributed by atoms with Crippen LogP contribution in [0, 0.1) is 0 Å². The van der Waals surface area contributed by atoms with Crippen LogP contribution in [0.4, 0.5) is 11.4 Å². The molecule has 8 heteroatoms. The Morgan fingerprint density at radius 1 is 0.875 bits per heavy atom. The first-order chi connectivity index (χ1) is 15.3. The summed E-state index contributed by atoms with van der Waals surface area (Å²) in [6.07, 6.45) is 1.95. The summed E-state index contributed by atoms with van der Waals surface area (Å²) in [6.45, 7) is 2.67. The number of ketones is 2. The number of hydrogen-bond acceptors (Lipinski definition) is 7. The number of phenolic OH excluding ortho intramolecular Hbond substituents is 2. The molecule has 164 valence electrons. The van der Waals surface area contributed by atoms with E-state index >= 15 is 0 Å². The molecule has 0 spiro atoms. The van der Waals surface area contributed by atoms with E-state index < -0.39 is 23.1 Å². The lowest BCUT2D eigenvalue weighted by Gasteiger charge is -2.23. The van der Waals surface area contributed by atoms with E-state index in [1.807, 2.05) is 0 Å². The number of ether oxygens (including phenoxy) is 1. The summed E-state index contributed by atoms with van der Waals surface area (Å²) in [5.41, 5.74) is 11.9. The topological polar surface area (TPSA) is 136 Å². The molecule has 0 aliphatic heterocycles. The third kappa shape index (κ3) is 3.31. The predicted molar refractivity (Wildman–Crippen MR) is 123 cm³/mol. The van der Waals surface area contributed by atoms with Crippen molar-refractivity contribution in [1.29, 1.82) is 0 Å². The average molecular weight is 453 g/mol. The number of hydrogen-bond donors (Lipinski definition) is 4. The molecule has 3 aromatic rings. The maximum atomic E-state index is 13.3. The molecular weight excluding hydrogens is 432 g/mol. The second kappa shape index (κ2) is 8.09. The Kier molecular flexibility index (Phi) is 5.44. The zero-order chi connectivity index (χ0) is 23.2. The van der Waals surface area contributed by atoms with Crippen LogP contribution >= 0.6 is 11.6 Å². The molecule has 0 saturated heterocycles. The van der Waals surface area contributed by atoms with Gasteiger partial charge in [0.25, 0.3) is 0 Å². The Bertz CT molecular complexity index is 1270. The molecule has 32 heavy (non-hydrogen) atoms. The third-order valence-corrected chi connectivity index (χ3v) is 5.74. The first kappa shape index (κ1) is 21.5. The summed E-state index contributed by atoms with van der Waals surface area (Å²) >= 11 is 5.94. The molecule has 7 nitrogen and oxygen atoms in total. The van der Waals surface area contributed by atoms with Crippen LogP contribution in [0.15, 0.2) is 36.4 Å². The largest absolute Gasteiger partial charge is 0.506 e. The van der Waals surface area contributed by atoms with E-state index in [0.717, 1.165) is 12.8 Å². The van der Waals surface area contributed by atoms with E-state index in [-0.39, 0.29) is 44.2 Å². The highest BCUT2D eigenvalue weighted by molar-refractivity contribution is 6.38. The third-order valence-electron chi connectivity index (χ3n) is 5.45. The number of carbonyl (C=O) groups is 2. The van der Waals surface area contributed by atoms with Gasteiger partial charge in [-0.25, -0.2) is 0 Å². The molecule has 0 saturated carbocycles. The van der Waals surface area contributed by atoms with Gasteiger partial charge in [0, 0.05) is 16.9 Å². The summed E-state index contributed by atoms with van der Waals surface area (Å²) in [5, 5.41) is 21.1. The minimum Gasteiger partial charge on any atom is -0.506 e. The highest BCUT2D eigenvalue weighted by Gasteiger charge is 2.39. The predicted octanol–water partition coefficient (Wildman–Crippen LogP) is 4.54. The van der Waals surface area contributed by atoms with Gasteiger partial charge in [0.05, 0.1) is 33.9 Å². The number of unbranched alkanes of at least 4 members (excludes halogenated alkanes) is 1. The molecule has 4 rings (SSSR count). The number of fused-ring (bicyclic) bond motifs is 2. The van der Waals surface area contributed by atoms with Crippen molar-refractivity contribution in [3.8, 4) is 28.4 Å². The quantitative estimate of drug-likeness (QED) is 0.198. The van der Waals surface area contributed by atoms with Gasteiger partial charge in [0.1, 0.15) is 17.2 Å². The van der Waals surface area contributed by atoms with Crippen LogP contribution < -0.4 is 16.2 Å². The van der Waals surface area contributed by atoms with Crippen LogP contribution in [0.3, 0.4) is 0 Å². The molecule has 0 aromatic heterocycles. The number of benzene rings is 3. The first-order valence-corrected chi connectivity index (χ1v) is 10.4. The SMILES string of the molecule is CCCCOc1ccc(-c2cc(N)c3c(c2O)C(=O)c2c(N)cc(Cl)c(O)c2C3=O)cc1. The molecule has 0 bridgehead atoms. The van der Waals surface area contributed by atoms with Crippen molar-refractivity contribution < 1.29 is 24.5 Å². The molecule has 1 aliphatic rings. The van der Waals surface area contributed by atoms with Crippen LogP contribution in [-0.2, 0) is 0 Å². The van der Waals surface area contributed by atoms with Gasteiger partial charge in [-0.3, -0.25) is 9.59 Å². The summed E-state index contributed by atoms with van der Waals surface area (Å²) in [5.74, 6) is -1.73. The zero-order valence-corrected chi connectivity index (χ0v) is 18.0. The normalized spacial score (nSPS) is 12.4. The summed E-state index contributed by atoms with van der Waals surface area (Å²) in [7, 11) is 0. The van der Waals surface area contributed by atoms with Gasteiger partial charge in [-0.1, -0.05) is 37.1 Å². The van der Waals surface area contributed by atoms with Gasteiger partial charge in [0.15, 0.2) is 0 Å². The fraction of sp³-hybridized carbons (Fsp3) is 0.167. The van der Waals surface area contributed by atoms with Crippen molar-refractivity contribution in [3.63, 3.8) is 0 Å². The van der Waals surface area contributed by atoms with E-state index in [0.29, 0.717) is 17.9 Å². The van der Waals surface area contributed by atoms with E-state index in [2.05, 4.69) is 6.92 Å². The van der Waals surface area contributed by atoms with Crippen LogP contribution in [0.2, 0.25) is 5.02 Å². The maximum absolute atomic E-state index is 13.3. The molecule has 0 fully saturated rings. The van der Waals surface area contributed by atoms with Crippen molar-refractivity contribution in [1.82, 2.24) is 0 Å². The smallest absolute Gasteiger partial charge is 0.200 e. The molecule has 0 heterocycles. The number of aromatic hydroxyl groups is 2. The van der Waals surface area contributed by atoms with E-state index in [4.69, 9.17) is 27.8 Å². The first-order valence-electron chi connectivity index (χ1n) is 10.0. The molecule has 1 aliphatic carbocycles. The second-order valence-electron chi connectivity index (χ2n) is 7.54. The van der Waals surface area contributed by atoms with Crippen molar-refractivity contribution in [2.75, 3.05) is 18.1 Å². The fourth-order valence-corrected chi connectivity index (χ4v) is 4.03. The van der Waals surface area contributed by atoms with E-state index in [1.165, 1.54) is 12.1 Å². The highest BCUT2D eigenvalue weighted by atomic mass is 35.5. The number of nitrogen functional groups attached to an aromatic ring is 2. The average Bonchev–Trinajstić information content (AvgIpc) is 2.76. The zero-order valence-electron chi connectivity index (χ0n) is 17.2. The second-order valence-corrected chi connectivity index (χ2v) is 7.95. The lowest BCUT2D eigenvalue weighted by atomic mass is 9.80. The fourth-order valence-electron chi connectivity index (χ4n) is 3.82. The minimum absolute atomic E-state index is 0.0157. The van der Waals surface area contributed by atoms with Crippen LogP contribution in [0.5, 0.6) is 17.2 Å². The Balaban J connectivity index is 1.83. The van der Waals surface area contributed by atoms with E-state index in [1.54, 1.807) is 24.3 Å². The number of halogens is 1. The number of nitrogens with two attached hydrogens (primary N) is 2. The van der Waals surface area contributed by atoms with Gasteiger partial charge in [0.2, 0.25) is 11.6 Å². The summed E-state index contributed by atoms with van der Waals surface area (Å²) in [4.78, 5) is 26.4. The lowest BCUT2D eigenvalue weighted by molar-refractivity contribution is 0.0975. The molecule has 0 atom stereocenters. The number of rotatable bonds is 5. The van der Waals surface area contributed by atoms with Gasteiger partial charge in [-0.2, -0.15) is 0 Å². The Morgan fingerprint density at radius 3 is 2.03 bits per heavy atom. The monoisotopic (exact) mass is 452 g/mol. The Hall–Kier alpha value is -3.71. The van der Waals surface area contributed by atoms with Crippen molar-refractivity contribution >= 4 is 34.5 Å². The standard InChI is InChI=1S/C24H21ClN2O5/c1-2-3-8-32-12-6-4-11(5-7-12)13-9-15(26)17-19(21(13)28)23(30)18-16(27)10-14(25)22(29)20(18)24(17)31/h4-7,9-10,28-29H,2-3,8,26-27H2,1H3. The van der Waals surface area contributed by atoms with Crippen molar-refractivity contribution in [3.05, 3.63) is 63.7 Å².